The number of carbonyl (C=O) groups is 1. The monoisotopic (exact) mass is 278 g/mol. The smallest absolute Gasteiger partial charge is 0.223 e. The maximum Gasteiger partial charge on any atom is 0.223 e. The van der Waals surface area contributed by atoms with Crippen LogP contribution in [0.4, 0.5) is 0 Å². The second kappa shape index (κ2) is 5.05. The molecular formula is C16H31BN2O. The van der Waals surface area contributed by atoms with E-state index in [-0.39, 0.29) is 16.8 Å². The van der Waals surface area contributed by atoms with Crippen molar-refractivity contribution in [1.29, 1.82) is 0 Å². The first kappa shape index (κ1) is 15.9. The van der Waals surface area contributed by atoms with Crippen molar-refractivity contribution in [2.24, 2.45) is 17.1 Å². The number of likely N-dealkylation sites (tertiary alicyclic amines) is 1. The van der Waals surface area contributed by atoms with Gasteiger partial charge < -0.3 is 10.6 Å². The first-order chi connectivity index (χ1) is 9.13. The summed E-state index contributed by atoms with van der Waals surface area (Å²) >= 11 is 0. The molecule has 0 bridgehead atoms. The Labute approximate surface area is 125 Å². The van der Waals surface area contributed by atoms with Crippen LogP contribution in [0.5, 0.6) is 0 Å². The van der Waals surface area contributed by atoms with Crippen molar-refractivity contribution in [3.05, 3.63) is 0 Å². The predicted molar refractivity (Wildman–Crippen MR) is 86.4 cm³/mol. The number of carbonyl (C=O) groups excluding carboxylic acids is 1. The molecular weight excluding hydrogens is 247 g/mol. The zero-order valence-corrected chi connectivity index (χ0v) is 14.1. The Morgan fingerprint density at radius 1 is 1.30 bits per heavy atom. The largest absolute Gasteiger partial charge is 0.337 e. The lowest BCUT2D eigenvalue weighted by molar-refractivity contribution is -0.149. The van der Waals surface area contributed by atoms with Gasteiger partial charge in [-0.15, -0.1) is 0 Å². The zero-order valence-electron chi connectivity index (χ0n) is 14.1. The number of amides is 1. The van der Waals surface area contributed by atoms with Crippen LogP contribution in [0.3, 0.4) is 0 Å². The molecule has 1 saturated heterocycles. The van der Waals surface area contributed by atoms with E-state index in [0.29, 0.717) is 30.3 Å². The molecule has 3 nitrogen and oxygen atoms in total. The highest BCUT2D eigenvalue weighted by molar-refractivity contribution is 6.16. The van der Waals surface area contributed by atoms with Gasteiger partial charge in [-0.1, -0.05) is 27.2 Å². The van der Waals surface area contributed by atoms with Crippen LogP contribution < -0.4 is 5.73 Å². The molecule has 114 valence electrons. The third-order valence-corrected chi connectivity index (χ3v) is 6.70. The van der Waals surface area contributed by atoms with Crippen molar-refractivity contribution in [1.82, 2.24) is 4.90 Å². The summed E-state index contributed by atoms with van der Waals surface area (Å²) in [6, 6.07) is 0.924. The SMILES string of the molecule is BC1(C(C)N)CCC2C(CCC(=O)N2C(C)C)C1(C)C. The predicted octanol–water partition coefficient (Wildman–Crippen LogP) is 1.96. The van der Waals surface area contributed by atoms with Gasteiger partial charge in [0.15, 0.2) is 0 Å². The molecule has 1 heterocycles. The van der Waals surface area contributed by atoms with Gasteiger partial charge in [0.05, 0.1) is 0 Å². The van der Waals surface area contributed by atoms with E-state index in [0.717, 1.165) is 19.3 Å². The van der Waals surface area contributed by atoms with Crippen molar-refractivity contribution in [2.45, 2.75) is 83.7 Å². The molecule has 0 radical (unpaired) electrons. The Morgan fingerprint density at radius 2 is 1.90 bits per heavy atom. The maximum absolute atomic E-state index is 12.3. The summed E-state index contributed by atoms with van der Waals surface area (Å²) in [6.45, 7) is 11.2. The van der Waals surface area contributed by atoms with Crippen LogP contribution in [0.2, 0.25) is 5.31 Å². The third kappa shape index (κ3) is 2.11. The molecule has 0 aromatic rings. The number of hydrogen-bond donors (Lipinski definition) is 1. The molecule has 2 aliphatic rings. The quantitative estimate of drug-likeness (QED) is 0.785. The summed E-state index contributed by atoms with van der Waals surface area (Å²) in [6.07, 6.45) is 3.96. The molecule has 0 aromatic heterocycles. The van der Waals surface area contributed by atoms with E-state index in [1.165, 1.54) is 0 Å². The molecule has 1 aliphatic carbocycles. The van der Waals surface area contributed by atoms with Gasteiger partial charge >= 0.3 is 0 Å². The van der Waals surface area contributed by atoms with E-state index >= 15 is 0 Å². The molecule has 1 amide bonds. The van der Waals surface area contributed by atoms with Crippen LogP contribution in [0.15, 0.2) is 0 Å². The summed E-state index contributed by atoms with van der Waals surface area (Å²) in [5.74, 6) is 0.925. The van der Waals surface area contributed by atoms with Crippen LogP contribution in [-0.2, 0) is 4.79 Å². The van der Waals surface area contributed by atoms with Crippen molar-refractivity contribution >= 4 is 13.8 Å². The van der Waals surface area contributed by atoms with Gasteiger partial charge in [0.2, 0.25) is 5.91 Å². The van der Waals surface area contributed by atoms with Crippen molar-refractivity contribution in [2.75, 3.05) is 0 Å². The van der Waals surface area contributed by atoms with Gasteiger partial charge in [-0.05, 0) is 49.4 Å². The fourth-order valence-electron chi connectivity index (χ4n) is 4.84. The van der Waals surface area contributed by atoms with Crippen LogP contribution in [0, 0.1) is 11.3 Å². The second-order valence-corrected chi connectivity index (χ2v) is 8.07. The first-order valence-electron chi connectivity index (χ1n) is 8.19. The average Bonchev–Trinajstić information content (AvgIpc) is 2.33. The van der Waals surface area contributed by atoms with E-state index in [1.54, 1.807) is 0 Å². The molecule has 20 heavy (non-hydrogen) atoms. The van der Waals surface area contributed by atoms with Crippen LogP contribution in [0.25, 0.3) is 0 Å². The molecule has 0 spiro atoms. The molecule has 4 atom stereocenters. The molecule has 4 heteroatoms. The highest BCUT2D eigenvalue weighted by Crippen LogP contribution is 2.61. The number of hydrogen-bond acceptors (Lipinski definition) is 2. The van der Waals surface area contributed by atoms with Crippen molar-refractivity contribution < 1.29 is 4.79 Å². The second-order valence-electron chi connectivity index (χ2n) is 8.07. The van der Waals surface area contributed by atoms with E-state index in [2.05, 4.69) is 47.4 Å². The van der Waals surface area contributed by atoms with Crippen molar-refractivity contribution in [3.8, 4) is 0 Å². The summed E-state index contributed by atoms with van der Waals surface area (Å²) in [5.41, 5.74) is 6.52. The fraction of sp³-hybridized carbons (Fsp3) is 0.938. The number of nitrogens with two attached hydrogens (primary N) is 1. The van der Waals surface area contributed by atoms with Gasteiger partial charge in [-0.2, -0.15) is 0 Å². The standard InChI is InChI=1S/C16H31BN2O/c1-10(2)19-13-8-9-16(17,11(3)18)15(4,5)12(13)6-7-14(19)20/h10-13H,6-9,17-18H2,1-5H3. The van der Waals surface area contributed by atoms with Gasteiger partial charge in [0.1, 0.15) is 7.85 Å². The highest BCUT2D eigenvalue weighted by atomic mass is 16.2. The summed E-state index contributed by atoms with van der Waals surface area (Å²) in [7, 11) is 2.35. The topological polar surface area (TPSA) is 46.3 Å². The molecule has 1 aliphatic heterocycles. The molecule has 0 aromatic carbocycles. The minimum atomic E-state index is 0.164. The Bertz CT molecular complexity index is 394. The Kier molecular flexibility index (Phi) is 4.01. The Hall–Kier alpha value is -0.505. The van der Waals surface area contributed by atoms with Crippen LogP contribution in [-0.4, -0.2) is 36.8 Å². The Morgan fingerprint density at radius 3 is 2.40 bits per heavy atom. The first-order valence-corrected chi connectivity index (χ1v) is 8.19. The minimum Gasteiger partial charge on any atom is -0.337 e. The lowest BCUT2D eigenvalue weighted by Crippen LogP contribution is -2.62. The molecule has 4 unspecified atom stereocenters. The van der Waals surface area contributed by atoms with Gasteiger partial charge in [0, 0.05) is 18.5 Å². The van der Waals surface area contributed by atoms with E-state index in [4.69, 9.17) is 5.73 Å². The summed E-state index contributed by atoms with van der Waals surface area (Å²) in [4.78, 5) is 14.5. The van der Waals surface area contributed by atoms with E-state index in [9.17, 15) is 4.79 Å². The Balaban J connectivity index is 2.35. The molecule has 2 N–H and O–H groups in total. The summed E-state index contributed by atoms with van der Waals surface area (Å²) < 4.78 is 0. The molecule has 2 fully saturated rings. The van der Waals surface area contributed by atoms with Crippen molar-refractivity contribution in [3.63, 3.8) is 0 Å². The summed E-state index contributed by atoms with van der Waals surface area (Å²) in [5, 5.41) is 0.164. The van der Waals surface area contributed by atoms with E-state index in [1.807, 2.05) is 0 Å². The molecule has 1 saturated carbocycles. The number of nitrogens with zero attached hydrogens (tertiary/aromatic N) is 1. The van der Waals surface area contributed by atoms with Crippen LogP contribution >= 0.6 is 0 Å². The number of piperidine rings is 1. The van der Waals surface area contributed by atoms with E-state index < -0.39 is 0 Å². The maximum atomic E-state index is 12.3. The fourth-order valence-corrected chi connectivity index (χ4v) is 4.84. The number of fused-ring (bicyclic) bond motifs is 1. The highest BCUT2D eigenvalue weighted by Gasteiger charge is 2.56. The zero-order chi connectivity index (χ0) is 15.3. The van der Waals surface area contributed by atoms with Gasteiger partial charge in [0.25, 0.3) is 0 Å². The normalized spacial score (nSPS) is 38.8. The lowest BCUT2D eigenvalue weighted by Gasteiger charge is -2.61. The third-order valence-electron chi connectivity index (χ3n) is 6.70. The van der Waals surface area contributed by atoms with Gasteiger partial charge in [-0.3, -0.25) is 4.79 Å². The van der Waals surface area contributed by atoms with Gasteiger partial charge in [-0.25, -0.2) is 0 Å². The van der Waals surface area contributed by atoms with Crippen LogP contribution in [0.1, 0.15) is 60.3 Å². The molecule has 2 rings (SSSR count). The minimum absolute atomic E-state index is 0.164. The average molecular weight is 278 g/mol. The lowest BCUT2D eigenvalue weighted by atomic mass is 9.41. The number of rotatable bonds is 2.